The maximum atomic E-state index is 12.5. The largest absolute Gasteiger partial charge is 0.395 e. The van der Waals surface area contributed by atoms with Crippen LogP contribution in [0.3, 0.4) is 0 Å². The van der Waals surface area contributed by atoms with E-state index in [4.69, 9.17) is 5.11 Å². The van der Waals surface area contributed by atoms with Crippen LogP contribution in [0.25, 0.3) is 0 Å². The molecule has 3 atom stereocenters. The summed E-state index contributed by atoms with van der Waals surface area (Å²) in [6.45, 7) is 2.93. The molecule has 0 aromatic heterocycles. The second-order valence-corrected chi connectivity index (χ2v) is 5.45. The minimum atomic E-state index is -2.33. The molecule has 3 nitrogen and oxygen atoms in total. The first kappa shape index (κ1) is 15.8. The summed E-state index contributed by atoms with van der Waals surface area (Å²) in [5, 5.41) is 12.3. The predicted molar refractivity (Wildman–Crippen MR) is 68.9 cm³/mol. The van der Waals surface area contributed by atoms with Crippen molar-refractivity contribution in [2.45, 2.75) is 38.7 Å². The number of nitrogens with one attached hydrogen (secondary N) is 1. The second kappa shape index (κ2) is 8.02. The van der Waals surface area contributed by atoms with E-state index >= 15 is 0 Å². The van der Waals surface area contributed by atoms with Gasteiger partial charge in [-0.1, -0.05) is 6.92 Å². The smallest absolute Gasteiger partial charge is 0.251 e. The highest BCUT2D eigenvalue weighted by Gasteiger charge is 2.29. The summed E-state index contributed by atoms with van der Waals surface area (Å²) in [4.78, 5) is 1.69. The Balaban J connectivity index is 2.52. The third-order valence-electron chi connectivity index (χ3n) is 3.92. The molecule has 0 radical (unpaired) electrons. The number of aliphatic hydroxyl groups is 1. The average Bonchev–Trinajstić information content (AvgIpc) is 2.28. The molecular formula is C13H26F2N2O. The molecule has 108 valence electrons. The SMILES string of the molecule is CNC1CCC(C)CC1CN(CCO)CC(F)F. The lowest BCUT2D eigenvalue weighted by molar-refractivity contribution is 0.0575. The summed E-state index contributed by atoms with van der Waals surface area (Å²) in [6.07, 6.45) is 1.07. The zero-order valence-corrected chi connectivity index (χ0v) is 11.4. The van der Waals surface area contributed by atoms with Crippen molar-refractivity contribution in [2.24, 2.45) is 11.8 Å². The van der Waals surface area contributed by atoms with Crippen molar-refractivity contribution in [1.82, 2.24) is 10.2 Å². The highest BCUT2D eigenvalue weighted by atomic mass is 19.3. The molecule has 0 aliphatic heterocycles. The highest BCUT2D eigenvalue weighted by molar-refractivity contribution is 4.84. The maximum Gasteiger partial charge on any atom is 0.251 e. The number of nitrogens with zero attached hydrogens (tertiary/aromatic N) is 1. The standard InChI is InChI=1S/C13H26F2N2O/c1-10-3-4-12(16-2)11(7-10)8-17(5-6-18)9-13(14)15/h10-13,16,18H,3-9H2,1-2H3. The highest BCUT2D eigenvalue weighted by Crippen LogP contribution is 2.29. The molecule has 18 heavy (non-hydrogen) atoms. The lowest BCUT2D eigenvalue weighted by atomic mass is 9.78. The van der Waals surface area contributed by atoms with Gasteiger partial charge in [-0.3, -0.25) is 4.90 Å². The van der Waals surface area contributed by atoms with Crippen LogP contribution in [0.15, 0.2) is 0 Å². The van der Waals surface area contributed by atoms with E-state index in [1.807, 2.05) is 7.05 Å². The van der Waals surface area contributed by atoms with Crippen LogP contribution in [0.2, 0.25) is 0 Å². The Hall–Kier alpha value is -0.260. The Bertz CT molecular complexity index is 229. The van der Waals surface area contributed by atoms with Gasteiger partial charge in [-0.05, 0) is 38.1 Å². The lowest BCUT2D eigenvalue weighted by Crippen LogP contribution is -2.46. The third kappa shape index (κ3) is 5.16. The number of hydrogen-bond acceptors (Lipinski definition) is 3. The van der Waals surface area contributed by atoms with Gasteiger partial charge in [-0.15, -0.1) is 0 Å². The van der Waals surface area contributed by atoms with Crippen LogP contribution in [0.1, 0.15) is 26.2 Å². The maximum absolute atomic E-state index is 12.5. The van der Waals surface area contributed by atoms with Crippen LogP contribution in [-0.2, 0) is 0 Å². The van der Waals surface area contributed by atoms with Gasteiger partial charge in [0.1, 0.15) is 0 Å². The van der Waals surface area contributed by atoms with E-state index in [1.54, 1.807) is 4.90 Å². The minimum Gasteiger partial charge on any atom is -0.395 e. The molecule has 0 heterocycles. The topological polar surface area (TPSA) is 35.5 Å². The Morgan fingerprint density at radius 3 is 2.67 bits per heavy atom. The van der Waals surface area contributed by atoms with Crippen LogP contribution in [0.4, 0.5) is 8.78 Å². The second-order valence-electron chi connectivity index (χ2n) is 5.45. The van der Waals surface area contributed by atoms with Crippen molar-refractivity contribution in [3.05, 3.63) is 0 Å². The van der Waals surface area contributed by atoms with Crippen LogP contribution in [-0.4, -0.2) is 55.8 Å². The summed E-state index contributed by atoms with van der Waals surface area (Å²) in [5.74, 6) is 1.08. The van der Waals surface area contributed by atoms with Crippen molar-refractivity contribution < 1.29 is 13.9 Å². The molecule has 1 fully saturated rings. The molecule has 0 aromatic carbocycles. The molecule has 0 saturated heterocycles. The zero-order valence-electron chi connectivity index (χ0n) is 11.4. The first-order valence-electron chi connectivity index (χ1n) is 6.85. The Labute approximate surface area is 109 Å². The van der Waals surface area contributed by atoms with Crippen molar-refractivity contribution >= 4 is 0 Å². The van der Waals surface area contributed by atoms with Crippen LogP contribution < -0.4 is 5.32 Å². The van der Waals surface area contributed by atoms with Gasteiger partial charge in [0.15, 0.2) is 0 Å². The first-order valence-corrected chi connectivity index (χ1v) is 6.85. The fourth-order valence-corrected chi connectivity index (χ4v) is 3.01. The van der Waals surface area contributed by atoms with Gasteiger partial charge < -0.3 is 10.4 Å². The van der Waals surface area contributed by atoms with Gasteiger partial charge in [-0.2, -0.15) is 0 Å². The Morgan fingerprint density at radius 1 is 1.39 bits per heavy atom. The summed E-state index contributed by atoms with van der Waals surface area (Å²) in [5.41, 5.74) is 0. The summed E-state index contributed by atoms with van der Waals surface area (Å²) < 4.78 is 25.0. The molecule has 0 bridgehead atoms. The monoisotopic (exact) mass is 264 g/mol. The van der Waals surface area contributed by atoms with Crippen molar-refractivity contribution in [1.29, 1.82) is 0 Å². The minimum absolute atomic E-state index is 0.0563. The van der Waals surface area contributed by atoms with Gasteiger partial charge in [0.05, 0.1) is 13.2 Å². The first-order chi connectivity index (χ1) is 8.56. The van der Waals surface area contributed by atoms with E-state index in [2.05, 4.69) is 12.2 Å². The predicted octanol–water partition coefficient (Wildman–Crippen LogP) is 1.57. The number of alkyl halides is 2. The van der Waals surface area contributed by atoms with Crippen LogP contribution in [0.5, 0.6) is 0 Å². The van der Waals surface area contributed by atoms with Gasteiger partial charge in [0.2, 0.25) is 0 Å². The molecule has 1 saturated carbocycles. The van der Waals surface area contributed by atoms with Gasteiger partial charge in [0.25, 0.3) is 6.43 Å². The normalized spacial score (nSPS) is 29.2. The molecule has 0 spiro atoms. The number of aliphatic hydroxyl groups excluding tert-OH is 1. The fourth-order valence-electron chi connectivity index (χ4n) is 3.01. The molecule has 2 N–H and O–H groups in total. The average molecular weight is 264 g/mol. The van der Waals surface area contributed by atoms with E-state index in [1.165, 1.54) is 6.42 Å². The lowest BCUT2D eigenvalue weighted by Gasteiger charge is -2.37. The van der Waals surface area contributed by atoms with Crippen molar-refractivity contribution in [2.75, 3.05) is 33.3 Å². The van der Waals surface area contributed by atoms with E-state index in [0.29, 0.717) is 31.0 Å². The third-order valence-corrected chi connectivity index (χ3v) is 3.92. The fraction of sp³-hybridized carbons (Fsp3) is 1.00. The van der Waals surface area contributed by atoms with Gasteiger partial charge in [0, 0.05) is 19.1 Å². The summed E-state index contributed by atoms with van der Waals surface area (Å²) in [7, 11) is 1.94. The molecule has 1 aliphatic rings. The van der Waals surface area contributed by atoms with E-state index in [-0.39, 0.29) is 13.2 Å². The summed E-state index contributed by atoms with van der Waals surface area (Å²) in [6, 6.07) is 0.417. The summed E-state index contributed by atoms with van der Waals surface area (Å²) >= 11 is 0. The van der Waals surface area contributed by atoms with Gasteiger partial charge >= 0.3 is 0 Å². The Morgan fingerprint density at radius 2 is 2.11 bits per heavy atom. The zero-order chi connectivity index (χ0) is 13.5. The van der Waals surface area contributed by atoms with E-state index in [0.717, 1.165) is 12.8 Å². The number of rotatable bonds is 7. The van der Waals surface area contributed by atoms with E-state index in [9.17, 15) is 8.78 Å². The van der Waals surface area contributed by atoms with E-state index < -0.39 is 6.43 Å². The quantitative estimate of drug-likeness (QED) is 0.732. The number of halogens is 2. The van der Waals surface area contributed by atoms with Crippen LogP contribution in [0, 0.1) is 11.8 Å². The molecular weight excluding hydrogens is 238 g/mol. The molecule has 0 amide bonds. The molecule has 1 aliphatic carbocycles. The van der Waals surface area contributed by atoms with Crippen LogP contribution >= 0.6 is 0 Å². The van der Waals surface area contributed by atoms with Gasteiger partial charge in [-0.25, -0.2) is 8.78 Å². The number of hydrogen-bond donors (Lipinski definition) is 2. The molecule has 0 aromatic rings. The van der Waals surface area contributed by atoms with Crippen molar-refractivity contribution in [3.8, 4) is 0 Å². The van der Waals surface area contributed by atoms with Crippen molar-refractivity contribution in [3.63, 3.8) is 0 Å². The Kier molecular flexibility index (Phi) is 7.04. The molecule has 5 heteroatoms. The molecule has 3 unspecified atom stereocenters. The molecule has 1 rings (SSSR count).